The number of anilines is 4. The first-order valence-corrected chi connectivity index (χ1v) is 7.23. The molecule has 0 unspecified atom stereocenters. The normalized spacial score (nSPS) is 10.3. The summed E-state index contributed by atoms with van der Waals surface area (Å²) in [6.45, 7) is 0. The summed E-state index contributed by atoms with van der Waals surface area (Å²) in [4.78, 5) is 4.31. The fraction of sp³-hybridized carbons (Fsp3) is 0. The van der Waals surface area contributed by atoms with Gasteiger partial charge in [0.25, 0.3) is 0 Å². The minimum absolute atomic E-state index is 0.288. The number of nitrogens with zero attached hydrogens (tertiary/aromatic N) is 3. The van der Waals surface area contributed by atoms with E-state index in [0.29, 0.717) is 11.8 Å². The van der Waals surface area contributed by atoms with E-state index in [1.54, 1.807) is 12.1 Å². The zero-order valence-corrected chi connectivity index (χ0v) is 12.9. The van der Waals surface area contributed by atoms with Crippen LogP contribution in [0.2, 0.25) is 0 Å². The average molecular weight is 360 g/mol. The number of nitrogens with one attached hydrogen (secondary N) is 2. The Morgan fingerprint density at radius 3 is 2.23 bits per heavy atom. The van der Waals surface area contributed by atoms with Crippen LogP contribution in [0.15, 0.2) is 59.2 Å². The van der Waals surface area contributed by atoms with Crippen LogP contribution in [0.25, 0.3) is 0 Å². The molecule has 0 aliphatic heterocycles. The maximum absolute atomic E-state index is 12.9. The molecule has 110 valence electrons. The number of benzene rings is 2. The summed E-state index contributed by atoms with van der Waals surface area (Å²) < 4.78 is 13.9. The lowest BCUT2D eigenvalue weighted by molar-refractivity contribution is 0.628. The first-order chi connectivity index (χ1) is 10.7. The van der Waals surface area contributed by atoms with Crippen LogP contribution in [0, 0.1) is 5.82 Å². The predicted molar refractivity (Wildman–Crippen MR) is 86.9 cm³/mol. The highest BCUT2D eigenvalue weighted by Crippen LogP contribution is 2.18. The number of hydrogen-bond donors (Lipinski definition) is 2. The van der Waals surface area contributed by atoms with E-state index in [4.69, 9.17) is 0 Å². The van der Waals surface area contributed by atoms with Crippen molar-refractivity contribution in [1.82, 2.24) is 15.2 Å². The molecular weight excluding hydrogens is 349 g/mol. The number of hydrogen-bond acceptors (Lipinski definition) is 5. The van der Waals surface area contributed by atoms with Crippen molar-refractivity contribution in [1.29, 1.82) is 0 Å². The zero-order chi connectivity index (χ0) is 15.4. The Hall–Kier alpha value is -2.54. The minimum atomic E-state index is -0.288. The molecule has 0 aliphatic carbocycles. The Bertz CT molecular complexity index is 699. The molecule has 0 aliphatic rings. The first kappa shape index (κ1) is 14.4. The largest absolute Gasteiger partial charge is 0.339 e. The van der Waals surface area contributed by atoms with Gasteiger partial charge in [-0.15, -0.1) is 5.10 Å². The standard InChI is InChI=1S/C15H11BrFN5/c16-10-1-5-13(6-2-10)20-15-21-14(9-18-22-15)19-12-7-3-11(17)4-8-12/h1-9H,(H2,19,20,21,22). The van der Waals surface area contributed by atoms with E-state index >= 15 is 0 Å². The summed E-state index contributed by atoms with van der Waals surface area (Å²) in [5.74, 6) is 0.597. The molecule has 5 nitrogen and oxygen atoms in total. The van der Waals surface area contributed by atoms with Crippen LogP contribution in [0.4, 0.5) is 27.5 Å². The maximum Gasteiger partial charge on any atom is 0.249 e. The second-order valence-corrected chi connectivity index (χ2v) is 5.34. The maximum atomic E-state index is 12.9. The molecule has 0 saturated heterocycles. The monoisotopic (exact) mass is 359 g/mol. The van der Waals surface area contributed by atoms with Crippen LogP contribution in [-0.2, 0) is 0 Å². The van der Waals surface area contributed by atoms with Crippen molar-refractivity contribution < 1.29 is 4.39 Å². The summed E-state index contributed by atoms with van der Waals surface area (Å²) in [6, 6.07) is 13.6. The van der Waals surface area contributed by atoms with E-state index in [2.05, 4.69) is 41.7 Å². The van der Waals surface area contributed by atoms with Crippen LogP contribution in [0.1, 0.15) is 0 Å². The second kappa shape index (κ2) is 6.48. The molecular formula is C15H11BrFN5. The summed E-state index contributed by atoms with van der Waals surface area (Å²) in [7, 11) is 0. The van der Waals surface area contributed by atoms with Crippen molar-refractivity contribution in [2.75, 3.05) is 10.6 Å². The van der Waals surface area contributed by atoms with Crippen molar-refractivity contribution in [2.45, 2.75) is 0 Å². The van der Waals surface area contributed by atoms with Crippen molar-refractivity contribution in [3.63, 3.8) is 0 Å². The molecule has 2 aromatic carbocycles. The first-order valence-electron chi connectivity index (χ1n) is 6.44. The van der Waals surface area contributed by atoms with Crippen molar-refractivity contribution in [3.05, 3.63) is 65.0 Å². The fourth-order valence-corrected chi connectivity index (χ4v) is 2.02. The lowest BCUT2D eigenvalue weighted by Crippen LogP contribution is -2.02. The Morgan fingerprint density at radius 2 is 1.50 bits per heavy atom. The second-order valence-electron chi connectivity index (χ2n) is 4.43. The molecule has 0 fully saturated rings. The van der Waals surface area contributed by atoms with Gasteiger partial charge in [-0.25, -0.2) is 4.39 Å². The van der Waals surface area contributed by atoms with Gasteiger partial charge in [0.2, 0.25) is 5.95 Å². The van der Waals surface area contributed by atoms with Crippen molar-refractivity contribution >= 4 is 39.1 Å². The third-order valence-corrected chi connectivity index (χ3v) is 3.30. The average Bonchev–Trinajstić information content (AvgIpc) is 2.52. The van der Waals surface area contributed by atoms with Crippen LogP contribution >= 0.6 is 15.9 Å². The molecule has 0 atom stereocenters. The topological polar surface area (TPSA) is 62.7 Å². The molecule has 7 heteroatoms. The molecule has 0 radical (unpaired) electrons. The van der Waals surface area contributed by atoms with Crippen molar-refractivity contribution in [2.24, 2.45) is 0 Å². The number of rotatable bonds is 4. The van der Waals surface area contributed by atoms with E-state index in [1.165, 1.54) is 18.3 Å². The Morgan fingerprint density at radius 1 is 0.864 bits per heavy atom. The number of halogens is 2. The van der Waals surface area contributed by atoms with E-state index in [1.807, 2.05) is 24.3 Å². The summed E-state index contributed by atoms with van der Waals surface area (Å²) >= 11 is 3.38. The summed E-state index contributed by atoms with van der Waals surface area (Å²) in [5, 5.41) is 13.9. The molecule has 22 heavy (non-hydrogen) atoms. The van der Waals surface area contributed by atoms with Gasteiger partial charge in [-0.05, 0) is 48.5 Å². The van der Waals surface area contributed by atoms with Gasteiger partial charge in [0.05, 0.1) is 6.20 Å². The third-order valence-electron chi connectivity index (χ3n) is 2.78. The molecule has 2 N–H and O–H groups in total. The van der Waals surface area contributed by atoms with E-state index in [0.717, 1.165) is 15.8 Å². The Kier molecular flexibility index (Phi) is 4.24. The summed E-state index contributed by atoms with van der Waals surface area (Å²) in [5.41, 5.74) is 1.57. The molecule has 0 saturated carbocycles. The van der Waals surface area contributed by atoms with Gasteiger partial charge in [0, 0.05) is 15.8 Å². The Balaban J connectivity index is 1.74. The predicted octanol–water partition coefficient (Wildman–Crippen LogP) is 4.26. The molecule has 3 aromatic rings. The van der Waals surface area contributed by atoms with Gasteiger partial charge in [0.15, 0.2) is 5.82 Å². The summed E-state index contributed by atoms with van der Waals surface area (Å²) in [6.07, 6.45) is 1.50. The lowest BCUT2D eigenvalue weighted by atomic mass is 10.3. The molecule has 0 bridgehead atoms. The van der Waals surface area contributed by atoms with Crippen LogP contribution < -0.4 is 10.6 Å². The molecule has 3 rings (SSSR count). The van der Waals surface area contributed by atoms with Gasteiger partial charge >= 0.3 is 0 Å². The molecule has 1 heterocycles. The van der Waals surface area contributed by atoms with Crippen LogP contribution in [-0.4, -0.2) is 15.2 Å². The van der Waals surface area contributed by atoms with Gasteiger partial charge < -0.3 is 10.6 Å². The highest BCUT2D eigenvalue weighted by molar-refractivity contribution is 9.10. The molecule has 0 spiro atoms. The van der Waals surface area contributed by atoms with E-state index in [9.17, 15) is 4.39 Å². The van der Waals surface area contributed by atoms with Gasteiger partial charge in [-0.1, -0.05) is 15.9 Å². The van der Waals surface area contributed by atoms with Gasteiger partial charge in [0.1, 0.15) is 5.82 Å². The highest BCUT2D eigenvalue weighted by Gasteiger charge is 2.02. The van der Waals surface area contributed by atoms with Crippen molar-refractivity contribution in [3.8, 4) is 0 Å². The van der Waals surface area contributed by atoms with E-state index < -0.39 is 0 Å². The van der Waals surface area contributed by atoms with Crippen LogP contribution in [0.5, 0.6) is 0 Å². The highest BCUT2D eigenvalue weighted by atomic mass is 79.9. The fourth-order valence-electron chi connectivity index (χ4n) is 1.76. The molecule has 0 amide bonds. The molecule has 1 aromatic heterocycles. The zero-order valence-electron chi connectivity index (χ0n) is 11.3. The Labute approximate surface area is 134 Å². The van der Waals surface area contributed by atoms with Gasteiger partial charge in [-0.3, -0.25) is 0 Å². The SMILES string of the molecule is Fc1ccc(Nc2cnnc(Nc3ccc(Br)cc3)n2)cc1. The lowest BCUT2D eigenvalue weighted by Gasteiger charge is -2.07. The van der Waals surface area contributed by atoms with E-state index in [-0.39, 0.29) is 5.82 Å². The number of aromatic nitrogens is 3. The smallest absolute Gasteiger partial charge is 0.249 e. The van der Waals surface area contributed by atoms with Crippen LogP contribution in [0.3, 0.4) is 0 Å². The van der Waals surface area contributed by atoms with Gasteiger partial charge in [-0.2, -0.15) is 10.1 Å². The third kappa shape index (κ3) is 3.76. The minimum Gasteiger partial charge on any atom is -0.339 e. The quantitative estimate of drug-likeness (QED) is 0.728.